The van der Waals surface area contributed by atoms with Crippen molar-refractivity contribution < 1.29 is 0 Å². The van der Waals surface area contributed by atoms with Gasteiger partial charge in [0.05, 0.1) is 0 Å². The molecule has 0 unspecified atom stereocenters. The predicted octanol–water partition coefficient (Wildman–Crippen LogP) is 0.129. The van der Waals surface area contributed by atoms with Gasteiger partial charge < -0.3 is 5.32 Å². The lowest BCUT2D eigenvalue weighted by molar-refractivity contribution is 0.283. The normalized spacial score (nSPS) is 20.9. The first-order valence-corrected chi connectivity index (χ1v) is 5.13. The van der Waals surface area contributed by atoms with Crippen molar-refractivity contribution in [2.45, 2.75) is 31.6 Å². The summed E-state index contributed by atoms with van der Waals surface area (Å²) in [5, 5.41) is 9.83. The second kappa shape index (κ2) is 3.57. The van der Waals surface area contributed by atoms with Crippen molar-refractivity contribution in [2.24, 2.45) is 0 Å². The molecule has 78 valence electrons. The number of H-pyrrole nitrogens is 2. The summed E-state index contributed by atoms with van der Waals surface area (Å²) in [4.78, 5) is 13.8. The van der Waals surface area contributed by atoms with Crippen molar-refractivity contribution in [1.82, 2.24) is 20.5 Å². The third kappa shape index (κ3) is 1.48. The largest absolute Gasteiger partial charge is 0.340 e. The van der Waals surface area contributed by atoms with Crippen LogP contribution in [0.15, 0.2) is 4.79 Å². The topological polar surface area (TPSA) is 73.6 Å². The minimum absolute atomic E-state index is 0.0738. The Kier molecular flexibility index (Phi) is 2.41. The van der Waals surface area contributed by atoms with Crippen LogP contribution in [0.4, 0.5) is 0 Å². The molecule has 1 aliphatic heterocycles. The maximum Gasteiger partial charge on any atom is 0.340 e. The molecule has 1 fully saturated rings. The Morgan fingerprint density at radius 3 is 2.64 bits per heavy atom. The SMILES string of the molecule is CCC1(c2n[nH]c(=O)[nH]2)CCNCC1. The quantitative estimate of drug-likeness (QED) is 0.629. The molecule has 2 heterocycles. The van der Waals surface area contributed by atoms with E-state index in [9.17, 15) is 4.79 Å². The average Bonchev–Trinajstić information content (AvgIpc) is 2.66. The molecule has 0 radical (unpaired) electrons. The summed E-state index contributed by atoms with van der Waals surface area (Å²) in [5.41, 5.74) is -0.129. The molecule has 0 amide bonds. The van der Waals surface area contributed by atoms with Crippen LogP contribution in [-0.4, -0.2) is 28.3 Å². The highest BCUT2D eigenvalue weighted by atomic mass is 16.1. The molecule has 0 aliphatic carbocycles. The summed E-state index contributed by atoms with van der Waals surface area (Å²) in [7, 11) is 0. The number of hydrogen-bond donors (Lipinski definition) is 3. The van der Waals surface area contributed by atoms with Crippen molar-refractivity contribution in [3.63, 3.8) is 0 Å². The van der Waals surface area contributed by atoms with Crippen molar-refractivity contribution >= 4 is 0 Å². The predicted molar refractivity (Wildman–Crippen MR) is 53.3 cm³/mol. The van der Waals surface area contributed by atoms with Gasteiger partial charge in [0.2, 0.25) is 0 Å². The van der Waals surface area contributed by atoms with E-state index in [2.05, 4.69) is 27.4 Å². The fourth-order valence-electron chi connectivity index (χ4n) is 2.18. The van der Waals surface area contributed by atoms with Gasteiger partial charge in [-0.05, 0) is 32.4 Å². The number of aromatic amines is 2. The molecule has 14 heavy (non-hydrogen) atoms. The van der Waals surface area contributed by atoms with E-state index in [4.69, 9.17) is 0 Å². The van der Waals surface area contributed by atoms with E-state index in [0.717, 1.165) is 38.2 Å². The molecule has 1 saturated heterocycles. The lowest BCUT2D eigenvalue weighted by Gasteiger charge is -2.34. The Morgan fingerprint density at radius 1 is 1.43 bits per heavy atom. The zero-order chi connectivity index (χ0) is 10.0. The van der Waals surface area contributed by atoms with Crippen LogP contribution in [0.5, 0.6) is 0 Å². The highest BCUT2D eigenvalue weighted by Crippen LogP contribution is 2.33. The molecule has 5 heteroatoms. The smallest absolute Gasteiger partial charge is 0.317 e. The van der Waals surface area contributed by atoms with Gasteiger partial charge >= 0.3 is 5.69 Å². The maximum atomic E-state index is 11.0. The van der Waals surface area contributed by atoms with E-state index in [1.54, 1.807) is 0 Å². The minimum atomic E-state index is -0.202. The Balaban J connectivity index is 2.31. The number of nitrogens with zero attached hydrogens (tertiary/aromatic N) is 1. The minimum Gasteiger partial charge on any atom is -0.317 e. The number of aromatic nitrogens is 3. The van der Waals surface area contributed by atoms with Gasteiger partial charge in [-0.2, -0.15) is 5.10 Å². The first-order chi connectivity index (χ1) is 6.77. The van der Waals surface area contributed by atoms with Gasteiger partial charge in [-0.1, -0.05) is 6.92 Å². The van der Waals surface area contributed by atoms with Gasteiger partial charge in [0.15, 0.2) is 0 Å². The molecule has 0 atom stereocenters. The number of piperidine rings is 1. The van der Waals surface area contributed by atoms with E-state index in [1.165, 1.54) is 0 Å². The molecule has 3 N–H and O–H groups in total. The molecule has 2 rings (SSSR count). The molecule has 0 bridgehead atoms. The van der Waals surface area contributed by atoms with Crippen LogP contribution in [0.25, 0.3) is 0 Å². The van der Waals surface area contributed by atoms with Crippen LogP contribution in [0.3, 0.4) is 0 Å². The van der Waals surface area contributed by atoms with Gasteiger partial charge in [-0.3, -0.25) is 4.98 Å². The molecule has 5 nitrogen and oxygen atoms in total. The molecule has 0 spiro atoms. The second-order valence-electron chi connectivity index (χ2n) is 3.91. The fourth-order valence-corrected chi connectivity index (χ4v) is 2.18. The Labute approximate surface area is 82.3 Å². The van der Waals surface area contributed by atoms with Crippen LogP contribution in [-0.2, 0) is 5.41 Å². The van der Waals surface area contributed by atoms with E-state index < -0.39 is 0 Å². The number of hydrogen-bond acceptors (Lipinski definition) is 3. The van der Waals surface area contributed by atoms with Gasteiger partial charge in [0.1, 0.15) is 5.82 Å². The van der Waals surface area contributed by atoms with E-state index in [1.807, 2.05) is 0 Å². The average molecular weight is 196 g/mol. The van der Waals surface area contributed by atoms with Crippen molar-refractivity contribution in [3.8, 4) is 0 Å². The van der Waals surface area contributed by atoms with Crippen LogP contribution in [0.2, 0.25) is 0 Å². The Bertz CT molecular complexity index is 348. The van der Waals surface area contributed by atoms with Crippen molar-refractivity contribution in [2.75, 3.05) is 13.1 Å². The Morgan fingerprint density at radius 2 is 2.14 bits per heavy atom. The summed E-state index contributed by atoms with van der Waals surface area (Å²) in [6, 6.07) is 0. The van der Waals surface area contributed by atoms with Gasteiger partial charge in [0.25, 0.3) is 0 Å². The first-order valence-electron chi connectivity index (χ1n) is 5.13. The summed E-state index contributed by atoms with van der Waals surface area (Å²) in [5.74, 6) is 0.825. The standard InChI is InChI=1S/C9H16N4O/c1-2-9(3-5-10-6-4-9)7-11-8(14)13-12-7/h10H,2-6H2,1H3,(H2,11,12,13,14). The van der Waals surface area contributed by atoms with Crippen molar-refractivity contribution in [3.05, 3.63) is 16.3 Å². The molecule has 1 aliphatic rings. The van der Waals surface area contributed by atoms with Gasteiger partial charge in [-0.25, -0.2) is 9.89 Å². The molecular formula is C9H16N4O. The zero-order valence-electron chi connectivity index (χ0n) is 8.39. The van der Waals surface area contributed by atoms with Crippen LogP contribution >= 0.6 is 0 Å². The molecular weight excluding hydrogens is 180 g/mol. The maximum absolute atomic E-state index is 11.0. The third-order valence-corrected chi connectivity index (χ3v) is 3.24. The molecule has 1 aromatic rings. The number of rotatable bonds is 2. The molecule has 0 aromatic carbocycles. The summed E-state index contributed by atoms with van der Waals surface area (Å²) < 4.78 is 0. The highest BCUT2D eigenvalue weighted by molar-refractivity contribution is 5.07. The second-order valence-corrected chi connectivity index (χ2v) is 3.91. The number of nitrogens with one attached hydrogen (secondary N) is 3. The lowest BCUT2D eigenvalue weighted by atomic mass is 9.76. The highest BCUT2D eigenvalue weighted by Gasteiger charge is 2.34. The van der Waals surface area contributed by atoms with E-state index in [0.29, 0.717) is 0 Å². The van der Waals surface area contributed by atoms with Gasteiger partial charge in [0, 0.05) is 5.41 Å². The monoisotopic (exact) mass is 196 g/mol. The van der Waals surface area contributed by atoms with Crippen LogP contribution in [0.1, 0.15) is 32.0 Å². The van der Waals surface area contributed by atoms with Crippen LogP contribution < -0.4 is 11.0 Å². The van der Waals surface area contributed by atoms with E-state index in [-0.39, 0.29) is 11.1 Å². The van der Waals surface area contributed by atoms with Crippen molar-refractivity contribution in [1.29, 1.82) is 0 Å². The first kappa shape index (κ1) is 9.45. The Hall–Kier alpha value is -1.10. The molecule has 1 aromatic heterocycles. The third-order valence-electron chi connectivity index (χ3n) is 3.24. The summed E-state index contributed by atoms with van der Waals surface area (Å²) >= 11 is 0. The molecule has 0 saturated carbocycles. The zero-order valence-corrected chi connectivity index (χ0v) is 8.39. The van der Waals surface area contributed by atoms with E-state index >= 15 is 0 Å². The summed E-state index contributed by atoms with van der Waals surface area (Å²) in [6.45, 7) is 4.16. The summed E-state index contributed by atoms with van der Waals surface area (Å²) in [6.07, 6.45) is 3.12. The lowest BCUT2D eigenvalue weighted by Crippen LogP contribution is -2.40. The van der Waals surface area contributed by atoms with Crippen LogP contribution in [0, 0.1) is 0 Å². The fraction of sp³-hybridized carbons (Fsp3) is 0.778. The van der Waals surface area contributed by atoms with Gasteiger partial charge in [-0.15, -0.1) is 0 Å².